The van der Waals surface area contributed by atoms with Gasteiger partial charge in [-0.15, -0.1) is 0 Å². The maximum atomic E-state index is 11.6. The number of piperidine rings is 1. The van der Waals surface area contributed by atoms with E-state index < -0.39 is 11.9 Å². The van der Waals surface area contributed by atoms with Gasteiger partial charge >= 0.3 is 5.97 Å². The number of likely N-dealkylation sites (tertiary alicyclic amines) is 1. The molecule has 1 aromatic rings. The summed E-state index contributed by atoms with van der Waals surface area (Å²) in [5.41, 5.74) is 0.895. The number of benzene rings is 1. The van der Waals surface area contributed by atoms with Gasteiger partial charge in [-0.2, -0.15) is 0 Å². The summed E-state index contributed by atoms with van der Waals surface area (Å²) in [6, 6.07) is 10.1. The average Bonchev–Trinajstić information content (AvgIpc) is 2.45. The van der Waals surface area contributed by atoms with E-state index in [1.165, 1.54) is 6.42 Å². The van der Waals surface area contributed by atoms with Crippen molar-refractivity contribution in [2.24, 2.45) is 0 Å². The van der Waals surface area contributed by atoms with Crippen molar-refractivity contribution in [1.82, 2.24) is 9.80 Å². The summed E-state index contributed by atoms with van der Waals surface area (Å²) >= 11 is 0. The highest BCUT2D eigenvalue weighted by Gasteiger charge is 2.27. The van der Waals surface area contributed by atoms with Crippen LogP contribution in [0.15, 0.2) is 30.3 Å². The number of nitrogens with zero attached hydrogens (tertiary/aromatic N) is 2. The zero-order valence-corrected chi connectivity index (χ0v) is 12.3. The van der Waals surface area contributed by atoms with Gasteiger partial charge in [0.05, 0.1) is 5.92 Å². The number of hydrogen-bond acceptors (Lipinski definition) is 3. The minimum Gasteiger partial charge on any atom is -0.481 e. The van der Waals surface area contributed by atoms with Crippen LogP contribution in [0.3, 0.4) is 0 Å². The maximum absolute atomic E-state index is 11.6. The van der Waals surface area contributed by atoms with Crippen molar-refractivity contribution < 1.29 is 9.90 Å². The Morgan fingerprint density at radius 1 is 1.40 bits per heavy atom. The molecule has 110 valence electrons. The van der Waals surface area contributed by atoms with Gasteiger partial charge in [0.15, 0.2) is 0 Å². The van der Waals surface area contributed by atoms with Crippen LogP contribution in [0.5, 0.6) is 0 Å². The highest BCUT2D eigenvalue weighted by Crippen LogP contribution is 2.21. The molecule has 0 aliphatic carbocycles. The lowest BCUT2D eigenvalue weighted by atomic mass is 9.96. The van der Waals surface area contributed by atoms with Crippen LogP contribution >= 0.6 is 0 Å². The van der Waals surface area contributed by atoms with E-state index in [1.54, 1.807) is 0 Å². The van der Waals surface area contributed by atoms with Gasteiger partial charge in [0, 0.05) is 19.1 Å². The molecular weight excluding hydrogens is 252 g/mol. The summed E-state index contributed by atoms with van der Waals surface area (Å²) in [4.78, 5) is 16.1. The predicted molar refractivity (Wildman–Crippen MR) is 80.0 cm³/mol. The second-order valence-corrected chi connectivity index (χ2v) is 5.82. The largest absolute Gasteiger partial charge is 0.481 e. The van der Waals surface area contributed by atoms with Crippen LogP contribution in [-0.4, -0.2) is 60.6 Å². The zero-order valence-electron chi connectivity index (χ0n) is 12.3. The summed E-state index contributed by atoms with van der Waals surface area (Å²) in [6.45, 7) is 2.56. The third kappa shape index (κ3) is 3.81. The van der Waals surface area contributed by atoms with E-state index in [2.05, 4.69) is 23.9 Å². The first-order valence-corrected chi connectivity index (χ1v) is 7.24. The van der Waals surface area contributed by atoms with Gasteiger partial charge in [-0.05, 0) is 39.0 Å². The molecule has 2 rings (SSSR count). The molecule has 0 aromatic heterocycles. The first kappa shape index (κ1) is 15.0. The number of carboxylic acids is 1. The number of carbonyl (C=O) groups is 1. The molecule has 4 nitrogen and oxygen atoms in total. The van der Waals surface area contributed by atoms with Crippen LogP contribution in [0.2, 0.25) is 0 Å². The minimum absolute atomic E-state index is 0.433. The van der Waals surface area contributed by atoms with Gasteiger partial charge < -0.3 is 14.9 Å². The fraction of sp³-hybridized carbons (Fsp3) is 0.562. The number of rotatable bonds is 5. The van der Waals surface area contributed by atoms with E-state index in [1.807, 2.05) is 30.3 Å². The van der Waals surface area contributed by atoms with Crippen molar-refractivity contribution in [3.63, 3.8) is 0 Å². The molecule has 1 aliphatic heterocycles. The van der Waals surface area contributed by atoms with Gasteiger partial charge in [-0.1, -0.05) is 30.3 Å². The molecule has 1 aromatic carbocycles. The molecule has 0 spiro atoms. The Morgan fingerprint density at radius 2 is 2.10 bits per heavy atom. The summed E-state index contributed by atoms with van der Waals surface area (Å²) in [6.07, 6.45) is 2.34. The molecule has 0 amide bonds. The van der Waals surface area contributed by atoms with Gasteiger partial charge in [0.1, 0.15) is 0 Å². The van der Waals surface area contributed by atoms with E-state index in [9.17, 15) is 9.90 Å². The minimum atomic E-state index is -0.733. The van der Waals surface area contributed by atoms with Crippen molar-refractivity contribution in [1.29, 1.82) is 0 Å². The first-order chi connectivity index (χ1) is 9.58. The third-order valence-corrected chi connectivity index (χ3v) is 4.15. The van der Waals surface area contributed by atoms with Crippen LogP contribution in [0.4, 0.5) is 0 Å². The molecular formula is C16H24N2O2. The molecule has 0 saturated carbocycles. The molecule has 0 radical (unpaired) electrons. The van der Waals surface area contributed by atoms with Crippen molar-refractivity contribution in [2.75, 3.05) is 33.7 Å². The Labute approximate surface area is 121 Å². The first-order valence-electron chi connectivity index (χ1n) is 7.24. The van der Waals surface area contributed by atoms with Crippen LogP contribution in [-0.2, 0) is 4.79 Å². The molecule has 1 aliphatic rings. The van der Waals surface area contributed by atoms with E-state index in [-0.39, 0.29) is 0 Å². The van der Waals surface area contributed by atoms with Crippen LogP contribution in [0.1, 0.15) is 24.3 Å². The monoisotopic (exact) mass is 276 g/mol. The molecule has 20 heavy (non-hydrogen) atoms. The van der Waals surface area contributed by atoms with Crippen molar-refractivity contribution in [3.05, 3.63) is 35.9 Å². The summed E-state index contributed by atoms with van der Waals surface area (Å²) in [5, 5.41) is 9.50. The highest BCUT2D eigenvalue weighted by molar-refractivity contribution is 5.76. The number of aliphatic carboxylic acids is 1. The molecule has 0 bridgehead atoms. The van der Waals surface area contributed by atoms with Crippen molar-refractivity contribution in [2.45, 2.75) is 24.8 Å². The lowest BCUT2D eigenvalue weighted by Crippen LogP contribution is -2.46. The van der Waals surface area contributed by atoms with Gasteiger partial charge in [0.2, 0.25) is 0 Å². The Hall–Kier alpha value is -1.39. The number of hydrogen-bond donors (Lipinski definition) is 1. The molecule has 1 saturated heterocycles. The van der Waals surface area contributed by atoms with E-state index >= 15 is 0 Å². The van der Waals surface area contributed by atoms with Crippen molar-refractivity contribution in [3.8, 4) is 0 Å². The van der Waals surface area contributed by atoms with E-state index in [0.717, 1.165) is 25.1 Å². The van der Waals surface area contributed by atoms with Crippen LogP contribution in [0.25, 0.3) is 0 Å². The molecule has 2 unspecified atom stereocenters. The molecule has 1 heterocycles. The molecule has 1 N–H and O–H groups in total. The SMILES string of the molecule is CN(C)C1CCCN(CC(C(=O)O)c2ccccc2)C1. The second-order valence-electron chi connectivity index (χ2n) is 5.82. The van der Waals surface area contributed by atoms with Gasteiger partial charge in [-0.3, -0.25) is 4.79 Å². The normalized spacial score (nSPS) is 21.9. The smallest absolute Gasteiger partial charge is 0.312 e. The fourth-order valence-corrected chi connectivity index (χ4v) is 2.89. The number of carboxylic acid groups (broad SMARTS) is 1. The van der Waals surface area contributed by atoms with Crippen molar-refractivity contribution >= 4 is 5.97 Å². The Morgan fingerprint density at radius 3 is 2.70 bits per heavy atom. The lowest BCUT2D eigenvalue weighted by Gasteiger charge is -2.37. The number of likely N-dealkylation sites (N-methyl/N-ethyl adjacent to an activating group) is 1. The van der Waals surface area contributed by atoms with Crippen LogP contribution in [0, 0.1) is 0 Å². The Bertz CT molecular complexity index is 433. The maximum Gasteiger partial charge on any atom is 0.312 e. The summed E-state index contributed by atoms with van der Waals surface area (Å²) in [5.74, 6) is -1.17. The molecule has 1 fully saturated rings. The summed E-state index contributed by atoms with van der Waals surface area (Å²) < 4.78 is 0. The fourth-order valence-electron chi connectivity index (χ4n) is 2.89. The molecule has 4 heteroatoms. The quantitative estimate of drug-likeness (QED) is 0.892. The van der Waals surface area contributed by atoms with Crippen LogP contribution < -0.4 is 0 Å². The lowest BCUT2D eigenvalue weighted by molar-refractivity contribution is -0.139. The topological polar surface area (TPSA) is 43.8 Å². The van der Waals surface area contributed by atoms with Gasteiger partial charge in [-0.25, -0.2) is 0 Å². The van der Waals surface area contributed by atoms with E-state index in [0.29, 0.717) is 12.6 Å². The average molecular weight is 276 g/mol. The van der Waals surface area contributed by atoms with Gasteiger partial charge in [0.25, 0.3) is 0 Å². The Balaban J connectivity index is 2.03. The third-order valence-electron chi connectivity index (χ3n) is 4.15. The predicted octanol–water partition coefficient (Wildman–Crippen LogP) is 1.88. The standard InChI is InChI=1S/C16H24N2O2/c1-17(2)14-9-6-10-18(11-14)12-15(16(19)20)13-7-4-3-5-8-13/h3-5,7-8,14-15H,6,9-12H2,1-2H3,(H,19,20). The zero-order chi connectivity index (χ0) is 14.5. The summed E-state index contributed by atoms with van der Waals surface area (Å²) in [7, 11) is 4.19. The Kier molecular flexibility index (Phi) is 5.15. The second kappa shape index (κ2) is 6.86. The highest BCUT2D eigenvalue weighted by atomic mass is 16.4. The van der Waals surface area contributed by atoms with E-state index in [4.69, 9.17) is 0 Å². The molecule has 2 atom stereocenters.